The van der Waals surface area contributed by atoms with Crippen molar-refractivity contribution in [2.24, 2.45) is 5.92 Å². The van der Waals surface area contributed by atoms with Gasteiger partial charge in [0.05, 0.1) is 0 Å². The Morgan fingerprint density at radius 1 is 1.00 bits per heavy atom. The highest BCUT2D eigenvalue weighted by Crippen LogP contribution is 2.24. The van der Waals surface area contributed by atoms with Gasteiger partial charge in [0.2, 0.25) is 0 Å². The van der Waals surface area contributed by atoms with Gasteiger partial charge in [-0.2, -0.15) is 0 Å². The highest BCUT2D eigenvalue weighted by molar-refractivity contribution is 6.30. The van der Waals surface area contributed by atoms with Gasteiger partial charge in [-0.25, -0.2) is 0 Å². The standard InChI is InChI=1S/C16H26ClN/c1-12(2)5-6-15(11-18-13(3)4)14-7-9-16(17)10-8-14/h7-10,12-13,15,18H,5-6,11H2,1-4H3. The van der Waals surface area contributed by atoms with Crippen LogP contribution in [0.5, 0.6) is 0 Å². The fourth-order valence-corrected chi connectivity index (χ4v) is 2.16. The second-order valence-electron chi connectivity index (χ2n) is 5.78. The Kier molecular flexibility index (Phi) is 6.73. The first-order valence-corrected chi connectivity index (χ1v) is 7.35. The maximum absolute atomic E-state index is 5.96. The Hall–Kier alpha value is -0.530. The van der Waals surface area contributed by atoms with E-state index < -0.39 is 0 Å². The van der Waals surface area contributed by atoms with Crippen LogP contribution in [0.15, 0.2) is 24.3 Å². The smallest absolute Gasteiger partial charge is 0.0406 e. The van der Waals surface area contributed by atoms with Crippen molar-refractivity contribution in [1.29, 1.82) is 0 Å². The van der Waals surface area contributed by atoms with E-state index in [1.54, 1.807) is 0 Å². The zero-order valence-electron chi connectivity index (χ0n) is 12.0. The molecule has 0 bridgehead atoms. The molecule has 0 amide bonds. The molecule has 0 aliphatic heterocycles. The van der Waals surface area contributed by atoms with Crippen LogP contribution in [-0.2, 0) is 0 Å². The van der Waals surface area contributed by atoms with Crippen LogP contribution in [0.1, 0.15) is 52.0 Å². The van der Waals surface area contributed by atoms with E-state index in [2.05, 4.69) is 45.1 Å². The largest absolute Gasteiger partial charge is 0.314 e. The average molecular weight is 268 g/mol. The van der Waals surface area contributed by atoms with Gasteiger partial charge in [0.15, 0.2) is 0 Å². The molecule has 1 rings (SSSR count). The van der Waals surface area contributed by atoms with Gasteiger partial charge in [-0.15, -0.1) is 0 Å². The molecule has 1 nitrogen and oxygen atoms in total. The Morgan fingerprint density at radius 3 is 2.11 bits per heavy atom. The summed E-state index contributed by atoms with van der Waals surface area (Å²) in [6, 6.07) is 8.85. The number of hydrogen-bond acceptors (Lipinski definition) is 1. The Balaban J connectivity index is 2.66. The highest BCUT2D eigenvalue weighted by atomic mass is 35.5. The molecule has 0 radical (unpaired) electrons. The quantitative estimate of drug-likeness (QED) is 0.744. The third kappa shape index (κ3) is 5.88. The number of hydrogen-bond donors (Lipinski definition) is 1. The molecule has 0 aromatic heterocycles. The molecule has 0 aliphatic rings. The summed E-state index contributed by atoms with van der Waals surface area (Å²) in [5, 5.41) is 4.37. The van der Waals surface area contributed by atoms with Crippen LogP contribution in [0.3, 0.4) is 0 Å². The minimum atomic E-state index is 0.541. The number of halogens is 1. The molecule has 0 saturated carbocycles. The van der Waals surface area contributed by atoms with E-state index in [1.807, 2.05) is 12.1 Å². The van der Waals surface area contributed by atoms with Crippen molar-refractivity contribution < 1.29 is 0 Å². The third-order valence-electron chi connectivity index (χ3n) is 3.21. The lowest BCUT2D eigenvalue weighted by molar-refractivity contribution is 0.459. The molecular weight excluding hydrogens is 242 g/mol. The zero-order valence-corrected chi connectivity index (χ0v) is 12.8. The van der Waals surface area contributed by atoms with Gasteiger partial charge in [0.1, 0.15) is 0 Å². The molecule has 2 heteroatoms. The van der Waals surface area contributed by atoms with Crippen LogP contribution >= 0.6 is 11.6 Å². The van der Waals surface area contributed by atoms with E-state index >= 15 is 0 Å². The lowest BCUT2D eigenvalue weighted by Gasteiger charge is -2.20. The summed E-state index contributed by atoms with van der Waals surface area (Å²) >= 11 is 5.96. The summed E-state index contributed by atoms with van der Waals surface area (Å²) in [6.45, 7) is 10.0. The van der Waals surface area contributed by atoms with Gasteiger partial charge in [0, 0.05) is 17.6 Å². The fourth-order valence-electron chi connectivity index (χ4n) is 2.03. The minimum Gasteiger partial charge on any atom is -0.314 e. The normalized spacial score (nSPS) is 13.3. The SMILES string of the molecule is CC(C)CCC(CNC(C)C)c1ccc(Cl)cc1. The molecule has 1 aromatic carbocycles. The van der Waals surface area contributed by atoms with Crippen LogP contribution in [-0.4, -0.2) is 12.6 Å². The van der Waals surface area contributed by atoms with E-state index in [4.69, 9.17) is 11.6 Å². The first-order chi connectivity index (χ1) is 8.49. The molecule has 1 atom stereocenters. The summed E-state index contributed by atoms with van der Waals surface area (Å²) in [4.78, 5) is 0. The average Bonchev–Trinajstić information content (AvgIpc) is 2.30. The number of rotatable bonds is 7. The molecule has 0 fully saturated rings. The molecular formula is C16H26ClN. The zero-order chi connectivity index (χ0) is 13.5. The minimum absolute atomic E-state index is 0.541. The molecule has 1 aromatic rings. The molecule has 18 heavy (non-hydrogen) atoms. The predicted molar refractivity (Wildman–Crippen MR) is 81.4 cm³/mol. The van der Waals surface area contributed by atoms with Crippen LogP contribution in [0.25, 0.3) is 0 Å². The fraction of sp³-hybridized carbons (Fsp3) is 0.625. The Bertz CT molecular complexity index is 317. The number of nitrogens with one attached hydrogen (secondary N) is 1. The van der Waals surface area contributed by atoms with Crippen molar-refractivity contribution in [2.45, 2.75) is 52.5 Å². The molecule has 0 heterocycles. The van der Waals surface area contributed by atoms with Crippen LogP contribution < -0.4 is 5.32 Å². The Morgan fingerprint density at radius 2 is 1.61 bits per heavy atom. The van der Waals surface area contributed by atoms with Crippen LogP contribution in [0, 0.1) is 5.92 Å². The second kappa shape index (κ2) is 7.81. The third-order valence-corrected chi connectivity index (χ3v) is 3.46. The van der Waals surface area contributed by atoms with Gasteiger partial charge in [0.25, 0.3) is 0 Å². The first kappa shape index (κ1) is 15.5. The monoisotopic (exact) mass is 267 g/mol. The number of benzene rings is 1. The molecule has 0 saturated heterocycles. The highest BCUT2D eigenvalue weighted by Gasteiger charge is 2.12. The van der Waals surface area contributed by atoms with Crippen molar-refractivity contribution in [3.05, 3.63) is 34.9 Å². The van der Waals surface area contributed by atoms with Crippen molar-refractivity contribution in [3.8, 4) is 0 Å². The van der Waals surface area contributed by atoms with Gasteiger partial charge < -0.3 is 5.32 Å². The van der Waals surface area contributed by atoms with Crippen LogP contribution in [0.2, 0.25) is 5.02 Å². The molecule has 1 N–H and O–H groups in total. The van der Waals surface area contributed by atoms with Crippen molar-refractivity contribution >= 4 is 11.6 Å². The molecule has 1 unspecified atom stereocenters. The van der Waals surface area contributed by atoms with E-state index in [1.165, 1.54) is 18.4 Å². The van der Waals surface area contributed by atoms with Gasteiger partial charge >= 0.3 is 0 Å². The molecule has 0 aliphatic carbocycles. The predicted octanol–water partition coefficient (Wildman–Crippen LogP) is 4.86. The van der Waals surface area contributed by atoms with Crippen molar-refractivity contribution in [1.82, 2.24) is 5.32 Å². The summed E-state index contributed by atoms with van der Waals surface area (Å²) in [5.41, 5.74) is 1.40. The van der Waals surface area contributed by atoms with E-state index in [0.29, 0.717) is 12.0 Å². The maximum atomic E-state index is 5.96. The van der Waals surface area contributed by atoms with Crippen molar-refractivity contribution in [2.75, 3.05) is 6.54 Å². The van der Waals surface area contributed by atoms with Gasteiger partial charge in [-0.05, 0) is 36.0 Å². The van der Waals surface area contributed by atoms with Crippen molar-refractivity contribution in [3.63, 3.8) is 0 Å². The molecule has 102 valence electrons. The summed E-state index contributed by atoms with van der Waals surface area (Å²) in [6.07, 6.45) is 2.51. The van der Waals surface area contributed by atoms with Gasteiger partial charge in [-0.1, -0.05) is 57.8 Å². The second-order valence-corrected chi connectivity index (χ2v) is 6.22. The summed E-state index contributed by atoms with van der Waals surface area (Å²) in [5.74, 6) is 1.35. The van der Waals surface area contributed by atoms with E-state index in [-0.39, 0.29) is 0 Å². The van der Waals surface area contributed by atoms with E-state index in [0.717, 1.165) is 17.5 Å². The maximum Gasteiger partial charge on any atom is 0.0406 e. The Labute approximate surface area is 117 Å². The van der Waals surface area contributed by atoms with Gasteiger partial charge in [-0.3, -0.25) is 0 Å². The summed E-state index contributed by atoms with van der Waals surface area (Å²) in [7, 11) is 0. The lowest BCUT2D eigenvalue weighted by atomic mass is 9.91. The molecule has 0 spiro atoms. The lowest BCUT2D eigenvalue weighted by Crippen LogP contribution is -2.28. The topological polar surface area (TPSA) is 12.0 Å². The van der Waals surface area contributed by atoms with Crippen LogP contribution in [0.4, 0.5) is 0 Å². The summed E-state index contributed by atoms with van der Waals surface area (Å²) < 4.78 is 0. The first-order valence-electron chi connectivity index (χ1n) is 6.98. The van der Waals surface area contributed by atoms with E-state index in [9.17, 15) is 0 Å².